The predicted octanol–water partition coefficient (Wildman–Crippen LogP) is 1.82. The van der Waals surface area contributed by atoms with Gasteiger partial charge >= 0.3 is 0 Å². The van der Waals surface area contributed by atoms with E-state index in [1.165, 1.54) is 11.8 Å². The monoisotopic (exact) mass is 297 g/mol. The first-order chi connectivity index (χ1) is 9.15. The molecular formula is C11H12ClN5OS. The van der Waals surface area contributed by atoms with Crippen molar-refractivity contribution in [3.63, 3.8) is 0 Å². The van der Waals surface area contributed by atoms with Gasteiger partial charge in [0.1, 0.15) is 0 Å². The molecule has 0 saturated carbocycles. The van der Waals surface area contributed by atoms with E-state index in [9.17, 15) is 4.79 Å². The van der Waals surface area contributed by atoms with Gasteiger partial charge in [-0.25, -0.2) is 0 Å². The van der Waals surface area contributed by atoms with Crippen LogP contribution < -0.4 is 5.32 Å². The normalized spacial score (nSPS) is 12.1. The number of hydrogen-bond acceptors (Lipinski definition) is 5. The van der Waals surface area contributed by atoms with Crippen molar-refractivity contribution in [2.45, 2.75) is 17.9 Å². The van der Waals surface area contributed by atoms with Crippen molar-refractivity contribution in [3.8, 4) is 0 Å². The molecule has 2 N–H and O–H groups in total. The topological polar surface area (TPSA) is 83.6 Å². The van der Waals surface area contributed by atoms with Crippen LogP contribution in [0.3, 0.4) is 0 Å². The van der Waals surface area contributed by atoms with E-state index in [1.807, 2.05) is 12.1 Å². The van der Waals surface area contributed by atoms with Crippen molar-refractivity contribution in [2.75, 3.05) is 5.75 Å². The van der Waals surface area contributed by atoms with Crippen molar-refractivity contribution >= 4 is 29.3 Å². The summed E-state index contributed by atoms with van der Waals surface area (Å²) in [6, 6.07) is 7.08. The number of benzene rings is 1. The number of thioether (sulfide) groups is 1. The number of carbonyl (C=O) groups is 1. The standard InChI is InChI=1S/C11H12ClN5OS/c1-7(11-14-16-17-15-11)13-10(18)6-19-9-4-2-8(12)3-5-9/h2-5,7H,6H2,1H3,(H,13,18)(H,14,15,16,17). The molecule has 1 heterocycles. The van der Waals surface area contributed by atoms with Gasteiger partial charge in [0.25, 0.3) is 0 Å². The molecule has 0 fully saturated rings. The van der Waals surface area contributed by atoms with Crippen molar-refractivity contribution in [1.82, 2.24) is 25.9 Å². The molecule has 0 spiro atoms. The minimum Gasteiger partial charge on any atom is -0.345 e. The lowest BCUT2D eigenvalue weighted by atomic mass is 10.3. The number of rotatable bonds is 5. The van der Waals surface area contributed by atoms with Crippen molar-refractivity contribution in [3.05, 3.63) is 35.1 Å². The summed E-state index contributed by atoms with van der Waals surface area (Å²) in [4.78, 5) is 12.7. The summed E-state index contributed by atoms with van der Waals surface area (Å²) in [6.45, 7) is 1.80. The lowest BCUT2D eigenvalue weighted by Gasteiger charge is -2.09. The smallest absolute Gasteiger partial charge is 0.230 e. The van der Waals surface area contributed by atoms with Gasteiger partial charge in [-0.3, -0.25) is 4.79 Å². The third-order valence-electron chi connectivity index (χ3n) is 2.31. The van der Waals surface area contributed by atoms with Crippen molar-refractivity contribution in [1.29, 1.82) is 0 Å². The highest BCUT2D eigenvalue weighted by Gasteiger charge is 2.13. The molecule has 8 heteroatoms. The molecular weight excluding hydrogens is 286 g/mol. The Bertz CT molecular complexity index is 531. The zero-order valence-electron chi connectivity index (χ0n) is 10.1. The van der Waals surface area contributed by atoms with Gasteiger partial charge in [-0.1, -0.05) is 16.8 Å². The first-order valence-corrected chi connectivity index (χ1v) is 6.92. The van der Waals surface area contributed by atoms with Gasteiger partial charge in [0.15, 0.2) is 5.82 Å². The van der Waals surface area contributed by atoms with Gasteiger partial charge in [-0.05, 0) is 31.2 Å². The third-order valence-corrected chi connectivity index (χ3v) is 3.57. The Morgan fingerprint density at radius 3 is 2.84 bits per heavy atom. The summed E-state index contributed by atoms with van der Waals surface area (Å²) in [7, 11) is 0. The van der Waals surface area contributed by atoms with Crippen molar-refractivity contribution < 1.29 is 4.79 Å². The third kappa shape index (κ3) is 4.22. The van der Waals surface area contributed by atoms with E-state index in [2.05, 4.69) is 25.9 Å². The number of aromatic amines is 1. The number of amides is 1. The molecule has 2 rings (SSSR count). The Labute approximate surface area is 119 Å². The average Bonchev–Trinajstić information content (AvgIpc) is 2.92. The number of nitrogens with zero attached hydrogens (tertiary/aromatic N) is 3. The highest BCUT2D eigenvalue weighted by atomic mass is 35.5. The van der Waals surface area contributed by atoms with Crippen LogP contribution in [0.2, 0.25) is 5.02 Å². The first kappa shape index (κ1) is 13.8. The maximum absolute atomic E-state index is 11.7. The molecule has 6 nitrogen and oxygen atoms in total. The zero-order valence-corrected chi connectivity index (χ0v) is 11.7. The summed E-state index contributed by atoms with van der Waals surface area (Å²) in [5.41, 5.74) is 0. The predicted molar refractivity (Wildman–Crippen MR) is 72.9 cm³/mol. The molecule has 0 aliphatic rings. The number of aromatic nitrogens is 4. The van der Waals surface area contributed by atoms with E-state index in [1.54, 1.807) is 19.1 Å². The number of carbonyl (C=O) groups excluding carboxylic acids is 1. The Morgan fingerprint density at radius 2 is 2.21 bits per heavy atom. The fourth-order valence-electron chi connectivity index (χ4n) is 1.38. The van der Waals surface area contributed by atoms with Crippen LogP contribution in [-0.2, 0) is 4.79 Å². The van der Waals surface area contributed by atoms with Crippen molar-refractivity contribution in [2.24, 2.45) is 0 Å². The summed E-state index contributed by atoms with van der Waals surface area (Å²) in [5.74, 6) is 0.700. The summed E-state index contributed by atoms with van der Waals surface area (Å²) < 4.78 is 0. The van der Waals surface area contributed by atoms with E-state index in [-0.39, 0.29) is 11.9 Å². The van der Waals surface area contributed by atoms with Crippen LogP contribution >= 0.6 is 23.4 Å². The molecule has 1 aromatic heterocycles. The second-order valence-electron chi connectivity index (χ2n) is 3.80. The van der Waals surface area contributed by atoms with Crippen LogP contribution in [0, 0.1) is 0 Å². The molecule has 0 aliphatic heterocycles. The minimum absolute atomic E-state index is 0.0859. The quantitative estimate of drug-likeness (QED) is 0.823. The lowest BCUT2D eigenvalue weighted by Crippen LogP contribution is -2.28. The molecule has 0 aliphatic carbocycles. The van der Waals surface area contributed by atoms with Gasteiger partial charge in [-0.2, -0.15) is 5.21 Å². The van der Waals surface area contributed by atoms with E-state index in [4.69, 9.17) is 11.6 Å². The molecule has 1 unspecified atom stereocenters. The van der Waals surface area contributed by atoms with Gasteiger partial charge < -0.3 is 5.32 Å². The fourth-order valence-corrected chi connectivity index (χ4v) is 2.22. The van der Waals surface area contributed by atoms with Crippen LogP contribution in [0.15, 0.2) is 29.2 Å². The van der Waals surface area contributed by atoms with Crippen LogP contribution in [0.1, 0.15) is 18.8 Å². The second-order valence-corrected chi connectivity index (χ2v) is 5.29. The van der Waals surface area contributed by atoms with Gasteiger partial charge in [0.2, 0.25) is 5.91 Å². The minimum atomic E-state index is -0.267. The zero-order chi connectivity index (χ0) is 13.7. The molecule has 1 atom stereocenters. The molecule has 1 amide bonds. The maximum Gasteiger partial charge on any atom is 0.230 e. The van der Waals surface area contributed by atoms with Crippen LogP contribution in [0.4, 0.5) is 0 Å². The van der Waals surface area contributed by atoms with Crippen LogP contribution in [0.25, 0.3) is 0 Å². The Kier molecular flexibility index (Phi) is 4.75. The summed E-state index contributed by atoms with van der Waals surface area (Å²) >= 11 is 7.23. The van der Waals surface area contributed by atoms with Crippen LogP contribution in [0.5, 0.6) is 0 Å². The van der Waals surface area contributed by atoms with Gasteiger partial charge in [0, 0.05) is 9.92 Å². The molecule has 0 saturated heterocycles. The Balaban J connectivity index is 1.80. The van der Waals surface area contributed by atoms with E-state index in [0.717, 1.165) is 4.90 Å². The van der Waals surface area contributed by atoms with E-state index in [0.29, 0.717) is 16.6 Å². The number of tetrazole rings is 1. The number of nitrogens with one attached hydrogen (secondary N) is 2. The Morgan fingerprint density at radius 1 is 1.47 bits per heavy atom. The molecule has 100 valence electrons. The Hall–Kier alpha value is -1.60. The SMILES string of the molecule is CC(NC(=O)CSc1ccc(Cl)cc1)c1nn[nH]n1. The fraction of sp³-hybridized carbons (Fsp3) is 0.273. The molecule has 19 heavy (non-hydrogen) atoms. The highest BCUT2D eigenvalue weighted by molar-refractivity contribution is 8.00. The number of hydrogen-bond donors (Lipinski definition) is 2. The molecule has 1 aromatic carbocycles. The highest BCUT2D eigenvalue weighted by Crippen LogP contribution is 2.20. The maximum atomic E-state index is 11.7. The summed E-state index contributed by atoms with van der Waals surface area (Å²) in [5, 5.41) is 16.9. The average molecular weight is 298 g/mol. The largest absolute Gasteiger partial charge is 0.345 e. The van der Waals surface area contributed by atoms with Gasteiger partial charge in [0.05, 0.1) is 11.8 Å². The first-order valence-electron chi connectivity index (χ1n) is 5.56. The van der Waals surface area contributed by atoms with Gasteiger partial charge in [-0.15, -0.1) is 22.0 Å². The van der Waals surface area contributed by atoms with E-state index < -0.39 is 0 Å². The summed E-state index contributed by atoms with van der Waals surface area (Å²) in [6.07, 6.45) is 0. The molecule has 0 bridgehead atoms. The number of H-pyrrole nitrogens is 1. The number of halogens is 1. The van der Waals surface area contributed by atoms with E-state index >= 15 is 0 Å². The lowest BCUT2D eigenvalue weighted by molar-refractivity contribution is -0.119. The van der Waals surface area contributed by atoms with Crippen LogP contribution in [-0.4, -0.2) is 32.3 Å². The molecule has 2 aromatic rings. The molecule has 0 radical (unpaired) electrons. The second kappa shape index (κ2) is 6.53.